The van der Waals surface area contributed by atoms with Gasteiger partial charge in [-0.25, -0.2) is 0 Å². The molecular formula is C16H22ClN3O. The average molecular weight is 308 g/mol. The number of rotatable bonds is 5. The molecule has 0 atom stereocenters. The molecule has 0 spiro atoms. The molecule has 1 saturated heterocycles. The Bertz CT molecular complexity index is 496. The molecule has 1 aromatic carbocycles. The summed E-state index contributed by atoms with van der Waals surface area (Å²) >= 11 is 6.24. The Kier molecular flexibility index (Phi) is 4.66. The molecule has 21 heavy (non-hydrogen) atoms. The van der Waals surface area contributed by atoms with Crippen molar-refractivity contribution >= 4 is 23.2 Å². The summed E-state index contributed by atoms with van der Waals surface area (Å²) in [4.78, 5) is 16.4. The SMILES string of the molecule is O=C(CN1CCN(c2ccccc2Cl)CC1)NCC1CC1. The zero-order chi connectivity index (χ0) is 14.7. The van der Waals surface area contributed by atoms with Gasteiger partial charge in [0.1, 0.15) is 0 Å². The molecule has 0 bridgehead atoms. The molecule has 1 heterocycles. The number of hydrogen-bond donors (Lipinski definition) is 1. The Balaban J connectivity index is 1.44. The molecule has 2 fully saturated rings. The van der Waals surface area contributed by atoms with Crippen molar-refractivity contribution in [1.82, 2.24) is 10.2 Å². The molecule has 0 unspecified atom stereocenters. The molecule has 114 valence electrons. The lowest BCUT2D eigenvalue weighted by Gasteiger charge is -2.36. The number of carbonyl (C=O) groups excluding carboxylic acids is 1. The van der Waals surface area contributed by atoms with E-state index < -0.39 is 0 Å². The molecule has 1 aliphatic heterocycles. The normalized spacial score (nSPS) is 19.6. The Hall–Kier alpha value is -1.26. The Morgan fingerprint density at radius 3 is 2.57 bits per heavy atom. The van der Waals surface area contributed by atoms with Gasteiger partial charge in [-0.05, 0) is 30.9 Å². The van der Waals surface area contributed by atoms with Crippen LogP contribution in [-0.2, 0) is 4.79 Å². The van der Waals surface area contributed by atoms with E-state index in [-0.39, 0.29) is 5.91 Å². The molecule has 3 rings (SSSR count). The van der Waals surface area contributed by atoms with Crippen LogP contribution in [0.1, 0.15) is 12.8 Å². The van der Waals surface area contributed by atoms with E-state index in [0.717, 1.165) is 49.4 Å². The minimum Gasteiger partial charge on any atom is -0.368 e. The molecule has 1 saturated carbocycles. The predicted molar refractivity (Wildman–Crippen MR) is 85.8 cm³/mol. The molecule has 5 heteroatoms. The van der Waals surface area contributed by atoms with Crippen molar-refractivity contribution in [2.75, 3.05) is 44.2 Å². The molecule has 1 N–H and O–H groups in total. The molecule has 1 aromatic rings. The fraction of sp³-hybridized carbons (Fsp3) is 0.562. The first kappa shape index (κ1) is 14.7. The van der Waals surface area contributed by atoms with E-state index in [0.29, 0.717) is 6.54 Å². The maximum Gasteiger partial charge on any atom is 0.234 e. The van der Waals surface area contributed by atoms with Crippen molar-refractivity contribution in [2.24, 2.45) is 5.92 Å². The largest absolute Gasteiger partial charge is 0.368 e. The second-order valence-corrected chi connectivity index (χ2v) is 6.37. The summed E-state index contributed by atoms with van der Waals surface area (Å²) in [5.41, 5.74) is 1.09. The van der Waals surface area contributed by atoms with Gasteiger partial charge in [0.25, 0.3) is 0 Å². The third-order valence-electron chi connectivity index (χ3n) is 4.22. The summed E-state index contributed by atoms with van der Waals surface area (Å²) in [6.07, 6.45) is 2.55. The van der Waals surface area contributed by atoms with Crippen LogP contribution in [-0.4, -0.2) is 50.1 Å². The third-order valence-corrected chi connectivity index (χ3v) is 4.54. The second-order valence-electron chi connectivity index (χ2n) is 5.96. The highest BCUT2D eigenvalue weighted by atomic mass is 35.5. The molecule has 2 aliphatic rings. The first-order valence-corrected chi connectivity index (χ1v) is 8.09. The number of carbonyl (C=O) groups is 1. The average Bonchev–Trinajstić information content (AvgIpc) is 3.31. The number of para-hydroxylation sites is 1. The van der Waals surface area contributed by atoms with E-state index >= 15 is 0 Å². The molecule has 1 aliphatic carbocycles. The van der Waals surface area contributed by atoms with Gasteiger partial charge in [-0.3, -0.25) is 9.69 Å². The zero-order valence-corrected chi connectivity index (χ0v) is 13.0. The summed E-state index contributed by atoms with van der Waals surface area (Å²) in [6.45, 7) is 5.02. The van der Waals surface area contributed by atoms with E-state index in [1.165, 1.54) is 12.8 Å². The lowest BCUT2D eigenvalue weighted by atomic mass is 10.2. The van der Waals surface area contributed by atoms with Crippen LogP contribution in [0.15, 0.2) is 24.3 Å². The molecular weight excluding hydrogens is 286 g/mol. The van der Waals surface area contributed by atoms with Crippen molar-refractivity contribution in [1.29, 1.82) is 0 Å². The van der Waals surface area contributed by atoms with Crippen LogP contribution >= 0.6 is 11.6 Å². The van der Waals surface area contributed by atoms with Gasteiger partial charge in [0.15, 0.2) is 0 Å². The number of nitrogens with one attached hydrogen (secondary N) is 1. The fourth-order valence-corrected chi connectivity index (χ4v) is 2.95. The first-order chi connectivity index (χ1) is 10.2. The highest BCUT2D eigenvalue weighted by Crippen LogP contribution is 2.27. The summed E-state index contributed by atoms with van der Waals surface area (Å²) < 4.78 is 0. The maximum atomic E-state index is 11.9. The second kappa shape index (κ2) is 6.67. The van der Waals surface area contributed by atoms with E-state index in [1.807, 2.05) is 18.2 Å². The number of nitrogens with zero attached hydrogens (tertiary/aromatic N) is 2. The number of halogens is 1. The van der Waals surface area contributed by atoms with Gasteiger partial charge in [0.05, 0.1) is 17.3 Å². The quantitative estimate of drug-likeness (QED) is 0.903. The minimum atomic E-state index is 0.160. The van der Waals surface area contributed by atoms with Crippen LogP contribution < -0.4 is 10.2 Å². The summed E-state index contributed by atoms with van der Waals surface area (Å²) in [5.74, 6) is 0.902. The van der Waals surface area contributed by atoms with Crippen LogP contribution in [0.2, 0.25) is 5.02 Å². The van der Waals surface area contributed by atoms with Gasteiger partial charge >= 0.3 is 0 Å². The van der Waals surface area contributed by atoms with Crippen LogP contribution in [0.4, 0.5) is 5.69 Å². The van der Waals surface area contributed by atoms with Crippen LogP contribution in [0.5, 0.6) is 0 Å². The van der Waals surface area contributed by atoms with E-state index in [2.05, 4.69) is 21.2 Å². The Morgan fingerprint density at radius 2 is 1.90 bits per heavy atom. The predicted octanol–water partition coefficient (Wildman–Crippen LogP) is 1.99. The lowest BCUT2D eigenvalue weighted by Crippen LogP contribution is -2.49. The highest BCUT2D eigenvalue weighted by Gasteiger charge is 2.23. The molecule has 1 amide bonds. The molecule has 0 aromatic heterocycles. The fourth-order valence-electron chi connectivity index (χ4n) is 2.69. The highest BCUT2D eigenvalue weighted by molar-refractivity contribution is 6.33. The van der Waals surface area contributed by atoms with Gasteiger partial charge in [-0.1, -0.05) is 23.7 Å². The van der Waals surface area contributed by atoms with Gasteiger partial charge in [0, 0.05) is 32.7 Å². The lowest BCUT2D eigenvalue weighted by molar-refractivity contribution is -0.122. The van der Waals surface area contributed by atoms with Gasteiger partial charge in [-0.15, -0.1) is 0 Å². The van der Waals surface area contributed by atoms with Gasteiger partial charge < -0.3 is 10.2 Å². The topological polar surface area (TPSA) is 35.6 Å². The van der Waals surface area contributed by atoms with Crippen molar-refractivity contribution in [3.05, 3.63) is 29.3 Å². The van der Waals surface area contributed by atoms with Gasteiger partial charge in [0.2, 0.25) is 5.91 Å². The molecule has 0 radical (unpaired) electrons. The summed E-state index contributed by atoms with van der Waals surface area (Å²) in [5, 5.41) is 3.83. The number of benzene rings is 1. The van der Waals surface area contributed by atoms with E-state index in [9.17, 15) is 4.79 Å². The molecule has 4 nitrogen and oxygen atoms in total. The van der Waals surface area contributed by atoms with Crippen LogP contribution in [0.25, 0.3) is 0 Å². The van der Waals surface area contributed by atoms with Crippen LogP contribution in [0.3, 0.4) is 0 Å². The van der Waals surface area contributed by atoms with Crippen molar-refractivity contribution in [2.45, 2.75) is 12.8 Å². The van der Waals surface area contributed by atoms with Crippen molar-refractivity contribution < 1.29 is 4.79 Å². The smallest absolute Gasteiger partial charge is 0.234 e. The summed E-state index contributed by atoms with van der Waals surface area (Å²) in [6, 6.07) is 7.94. The van der Waals surface area contributed by atoms with Crippen molar-refractivity contribution in [3.63, 3.8) is 0 Å². The monoisotopic (exact) mass is 307 g/mol. The number of piperazine rings is 1. The Morgan fingerprint density at radius 1 is 1.19 bits per heavy atom. The van der Waals surface area contributed by atoms with Crippen molar-refractivity contribution in [3.8, 4) is 0 Å². The Labute approximate surface area is 131 Å². The van der Waals surface area contributed by atoms with Crippen LogP contribution in [0, 0.1) is 5.92 Å². The maximum absolute atomic E-state index is 11.9. The number of anilines is 1. The third kappa shape index (κ3) is 4.11. The van der Waals surface area contributed by atoms with E-state index in [1.54, 1.807) is 0 Å². The minimum absolute atomic E-state index is 0.160. The number of hydrogen-bond acceptors (Lipinski definition) is 3. The van der Waals surface area contributed by atoms with Gasteiger partial charge in [-0.2, -0.15) is 0 Å². The first-order valence-electron chi connectivity index (χ1n) is 7.71. The number of amides is 1. The zero-order valence-electron chi connectivity index (χ0n) is 12.2. The standard InChI is InChI=1S/C16H22ClN3O/c17-14-3-1-2-4-15(14)20-9-7-19(8-10-20)12-16(21)18-11-13-5-6-13/h1-4,13H,5-12H2,(H,18,21). The summed E-state index contributed by atoms with van der Waals surface area (Å²) in [7, 11) is 0. The van der Waals surface area contributed by atoms with E-state index in [4.69, 9.17) is 11.6 Å².